The molecule has 3 N–H and O–H groups in total. The summed E-state index contributed by atoms with van der Waals surface area (Å²) in [5, 5.41) is 5.55. The maximum Gasteiger partial charge on any atom is 0.263 e. The molecule has 0 fully saturated rings. The lowest BCUT2D eigenvalue weighted by atomic mass is 10.2. The van der Waals surface area contributed by atoms with Gasteiger partial charge in [0.15, 0.2) is 0 Å². The number of amides is 2. The molecule has 162 valence electrons. The Balaban J connectivity index is 1.35. The van der Waals surface area contributed by atoms with Crippen molar-refractivity contribution in [3.63, 3.8) is 0 Å². The van der Waals surface area contributed by atoms with Gasteiger partial charge in [0.1, 0.15) is 5.84 Å². The molecule has 32 heavy (non-hydrogen) atoms. The minimum absolute atomic E-state index is 0.0635. The summed E-state index contributed by atoms with van der Waals surface area (Å²) in [4.78, 5) is 29.0. The Morgan fingerprint density at radius 1 is 0.844 bits per heavy atom. The van der Waals surface area contributed by atoms with E-state index in [0.717, 1.165) is 0 Å². The van der Waals surface area contributed by atoms with E-state index in [1.165, 1.54) is 6.07 Å². The van der Waals surface area contributed by atoms with Gasteiger partial charge in [-0.2, -0.15) is 0 Å². The predicted octanol–water partition coefficient (Wildman–Crippen LogP) is 3.01. The van der Waals surface area contributed by atoms with Gasteiger partial charge in [-0.05, 0) is 42.5 Å². The van der Waals surface area contributed by atoms with Crippen LogP contribution in [-0.4, -0.2) is 32.6 Å². The van der Waals surface area contributed by atoms with E-state index >= 15 is 0 Å². The molecule has 0 unspecified atom stereocenters. The van der Waals surface area contributed by atoms with E-state index in [1.54, 1.807) is 66.7 Å². The van der Waals surface area contributed by atoms with Crippen molar-refractivity contribution in [3.05, 3.63) is 90.0 Å². The van der Waals surface area contributed by atoms with Crippen molar-refractivity contribution in [2.45, 2.75) is 11.3 Å². The van der Waals surface area contributed by atoms with Gasteiger partial charge in [-0.25, -0.2) is 8.42 Å². The first-order valence-electron chi connectivity index (χ1n) is 9.85. The molecule has 8 nitrogen and oxygen atoms in total. The Bertz CT molecular complexity index is 1300. The topological polar surface area (TPSA) is 117 Å². The summed E-state index contributed by atoms with van der Waals surface area (Å²) in [7, 11) is -3.60. The zero-order chi connectivity index (χ0) is 22.6. The van der Waals surface area contributed by atoms with Crippen LogP contribution in [0.4, 0.5) is 11.4 Å². The van der Waals surface area contributed by atoms with Crippen LogP contribution in [0.2, 0.25) is 0 Å². The monoisotopic (exact) mass is 448 g/mol. The molecule has 0 spiro atoms. The van der Waals surface area contributed by atoms with Crippen LogP contribution >= 0.6 is 0 Å². The average Bonchev–Trinajstić information content (AvgIpc) is 3.05. The number of amidine groups is 1. The molecule has 0 aliphatic carbocycles. The Morgan fingerprint density at radius 2 is 1.53 bits per heavy atom. The largest absolute Gasteiger partial charge is 0.326 e. The maximum absolute atomic E-state index is 12.3. The van der Waals surface area contributed by atoms with Crippen LogP contribution in [0.15, 0.2) is 88.8 Å². The average molecular weight is 449 g/mol. The van der Waals surface area contributed by atoms with Crippen molar-refractivity contribution in [1.29, 1.82) is 0 Å². The number of benzene rings is 3. The number of hydrogen-bond acceptors (Lipinski definition) is 5. The van der Waals surface area contributed by atoms with E-state index in [-0.39, 0.29) is 35.5 Å². The van der Waals surface area contributed by atoms with Crippen LogP contribution in [0.1, 0.15) is 22.3 Å². The second-order valence-electron chi connectivity index (χ2n) is 7.03. The molecule has 1 heterocycles. The molecule has 2 amide bonds. The lowest BCUT2D eigenvalue weighted by molar-refractivity contribution is -0.116. The summed E-state index contributed by atoms with van der Waals surface area (Å²) >= 11 is 0. The third kappa shape index (κ3) is 4.84. The molecule has 3 aromatic rings. The number of carbonyl (C=O) groups excluding carboxylic acids is 2. The Morgan fingerprint density at radius 3 is 2.31 bits per heavy atom. The zero-order valence-corrected chi connectivity index (χ0v) is 17.7. The first-order valence-corrected chi connectivity index (χ1v) is 11.3. The number of nitrogens with one attached hydrogen (secondary N) is 3. The third-order valence-electron chi connectivity index (χ3n) is 4.71. The van der Waals surface area contributed by atoms with E-state index < -0.39 is 10.0 Å². The minimum Gasteiger partial charge on any atom is -0.326 e. The summed E-state index contributed by atoms with van der Waals surface area (Å²) < 4.78 is 26.6. The number of hydrogen-bond donors (Lipinski definition) is 3. The number of fused-ring (bicyclic) bond motifs is 1. The quantitative estimate of drug-likeness (QED) is 0.537. The highest BCUT2D eigenvalue weighted by Gasteiger charge is 2.29. The fourth-order valence-electron chi connectivity index (χ4n) is 3.21. The second-order valence-corrected chi connectivity index (χ2v) is 8.68. The van der Waals surface area contributed by atoms with Gasteiger partial charge in [0.2, 0.25) is 5.91 Å². The molecule has 1 aliphatic heterocycles. The summed E-state index contributed by atoms with van der Waals surface area (Å²) in [5.41, 5.74) is 2.11. The van der Waals surface area contributed by atoms with E-state index in [0.29, 0.717) is 22.5 Å². The first-order chi connectivity index (χ1) is 15.4. The zero-order valence-electron chi connectivity index (χ0n) is 16.9. The van der Waals surface area contributed by atoms with Gasteiger partial charge in [0, 0.05) is 28.9 Å². The predicted molar refractivity (Wildman–Crippen MR) is 122 cm³/mol. The molecule has 9 heteroatoms. The maximum atomic E-state index is 12.3. The molecule has 0 radical (unpaired) electrons. The van der Waals surface area contributed by atoms with E-state index in [1.807, 2.05) is 6.07 Å². The van der Waals surface area contributed by atoms with E-state index in [4.69, 9.17) is 0 Å². The highest BCUT2D eigenvalue weighted by atomic mass is 32.2. The number of carbonyl (C=O) groups is 2. The van der Waals surface area contributed by atoms with Gasteiger partial charge in [-0.3, -0.25) is 19.3 Å². The molecule has 0 saturated carbocycles. The SMILES string of the molecule is O=C(CCN=C1NS(=O)(=O)c2ccccc21)Nc1cccc(NC(=O)c2ccccc2)c1. The number of nitrogens with zero attached hydrogens (tertiary/aromatic N) is 1. The normalized spacial score (nSPS) is 14.9. The van der Waals surface area contributed by atoms with Gasteiger partial charge in [-0.15, -0.1) is 0 Å². The van der Waals surface area contributed by atoms with Crippen LogP contribution in [0.3, 0.4) is 0 Å². The summed E-state index contributed by atoms with van der Waals surface area (Å²) in [6.45, 7) is 0.114. The first kappa shape index (κ1) is 21.3. The molecule has 4 rings (SSSR count). The second kappa shape index (κ2) is 9.03. The highest BCUT2D eigenvalue weighted by molar-refractivity contribution is 7.90. The van der Waals surface area contributed by atoms with Gasteiger partial charge >= 0.3 is 0 Å². The summed E-state index contributed by atoms with van der Waals surface area (Å²) in [6.07, 6.45) is 0.0635. The van der Waals surface area contributed by atoms with E-state index in [2.05, 4.69) is 20.3 Å². The fraction of sp³-hybridized carbons (Fsp3) is 0.0870. The van der Waals surface area contributed by atoms with Crippen LogP contribution in [0.25, 0.3) is 0 Å². The van der Waals surface area contributed by atoms with Crippen LogP contribution in [0, 0.1) is 0 Å². The lowest BCUT2D eigenvalue weighted by Crippen LogP contribution is -2.23. The molecular formula is C23H20N4O4S. The standard InChI is InChI=1S/C23H20N4O4S/c28-21(13-14-24-22-19-11-4-5-12-20(19)32(30,31)27-22)25-17-9-6-10-18(15-17)26-23(29)16-7-2-1-3-8-16/h1-12,15H,13-14H2,(H,24,27)(H,25,28)(H,26,29). The molecular weight excluding hydrogens is 428 g/mol. The fourth-order valence-corrected chi connectivity index (χ4v) is 4.46. The summed E-state index contributed by atoms with van der Waals surface area (Å²) in [5.74, 6) is -0.293. The number of anilines is 2. The van der Waals surface area contributed by atoms with Crippen molar-refractivity contribution < 1.29 is 18.0 Å². The smallest absolute Gasteiger partial charge is 0.263 e. The number of sulfonamides is 1. The molecule has 3 aromatic carbocycles. The molecule has 0 aromatic heterocycles. The number of aliphatic imine (C=N–C) groups is 1. The summed E-state index contributed by atoms with van der Waals surface area (Å²) in [6, 6.07) is 22.2. The van der Waals surface area contributed by atoms with Crippen molar-refractivity contribution in [3.8, 4) is 0 Å². The third-order valence-corrected chi connectivity index (χ3v) is 6.11. The van der Waals surface area contributed by atoms with Crippen molar-refractivity contribution in [1.82, 2.24) is 4.72 Å². The number of rotatable bonds is 6. The van der Waals surface area contributed by atoms with Crippen molar-refractivity contribution >= 4 is 39.0 Å². The van der Waals surface area contributed by atoms with Gasteiger partial charge < -0.3 is 10.6 Å². The van der Waals surface area contributed by atoms with Crippen LogP contribution in [0.5, 0.6) is 0 Å². The highest BCUT2D eigenvalue weighted by Crippen LogP contribution is 2.22. The van der Waals surface area contributed by atoms with Gasteiger partial charge in [0.25, 0.3) is 15.9 Å². The minimum atomic E-state index is -3.60. The Kier molecular flexibility index (Phi) is 6.00. The van der Waals surface area contributed by atoms with Crippen molar-refractivity contribution in [2.24, 2.45) is 4.99 Å². The van der Waals surface area contributed by atoms with Gasteiger partial charge in [0.05, 0.1) is 11.4 Å². The molecule has 0 saturated heterocycles. The lowest BCUT2D eigenvalue weighted by Gasteiger charge is -2.09. The van der Waals surface area contributed by atoms with Crippen LogP contribution < -0.4 is 15.4 Å². The molecule has 0 bridgehead atoms. The Hall–Kier alpha value is -3.98. The molecule has 1 aliphatic rings. The Labute approximate surface area is 185 Å². The van der Waals surface area contributed by atoms with Crippen LogP contribution in [-0.2, 0) is 14.8 Å². The van der Waals surface area contributed by atoms with Crippen molar-refractivity contribution in [2.75, 3.05) is 17.2 Å². The molecule has 0 atom stereocenters. The van der Waals surface area contributed by atoms with E-state index in [9.17, 15) is 18.0 Å². The van der Waals surface area contributed by atoms with Gasteiger partial charge in [-0.1, -0.05) is 36.4 Å².